The average molecular weight is 349 g/mol. The molecule has 6 heteroatoms. The molecular formula is C15H13BrN2O3. The third-order valence-electron chi connectivity index (χ3n) is 3.36. The van der Waals surface area contributed by atoms with Gasteiger partial charge in [-0.2, -0.15) is 0 Å². The molecule has 2 aromatic heterocycles. The van der Waals surface area contributed by atoms with Gasteiger partial charge in [0.1, 0.15) is 0 Å². The van der Waals surface area contributed by atoms with Crippen molar-refractivity contribution in [2.24, 2.45) is 0 Å². The van der Waals surface area contributed by atoms with E-state index in [1.54, 1.807) is 12.3 Å². The molecule has 0 aliphatic rings. The lowest BCUT2D eigenvalue weighted by molar-refractivity contribution is 0.274. The topological polar surface area (TPSA) is 68.3 Å². The Morgan fingerprint density at radius 3 is 2.95 bits per heavy atom. The van der Waals surface area contributed by atoms with Crippen LogP contribution in [0.3, 0.4) is 0 Å². The molecule has 108 valence electrons. The summed E-state index contributed by atoms with van der Waals surface area (Å²) in [5.74, 6) is 0.419. The van der Waals surface area contributed by atoms with Crippen LogP contribution >= 0.6 is 15.9 Å². The van der Waals surface area contributed by atoms with Gasteiger partial charge in [0.05, 0.1) is 6.61 Å². The van der Waals surface area contributed by atoms with Crippen LogP contribution in [0.5, 0.6) is 0 Å². The molecular weight excluding hydrogens is 336 g/mol. The lowest BCUT2D eigenvalue weighted by Gasteiger charge is -2.02. The van der Waals surface area contributed by atoms with Gasteiger partial charge in [-0.15, -0.1) is 0 Å². The Hall–Kier alpha value is -1.92. The Morgan fingerprint density at radius 1 is 1.38 bits per heavy atom. The Bertz CT molecular complexity index is 867. The minimum absolute atomic E-state index is 0.0964. The maximum Gasteiger partial charge on any atom is 0.280 e. The second-order valence-electron chi connectivity index (χ2n) is 4.68. The fraction of sp³-hybridized carbons (Fsp3) is 0.200. The minimum Gasteiger partial charge on any atom is -0.436 e. The van der Waals surface area contributed by atoms with Crippen LogP contribution in [0.15, 0.2) is 44.1 Å². The molecule has 0 atom stereocenters. The van der Waals surface area contributed by atoms with E-state index in [-0.39, 0.29) is 24.2 Å². The van der Waals surface area contributed by atoms with Gasteiger partial charge in [0.15, 0.2) is 11.1 Å². The zero-order chi connectivity index (χ0) is 15.0. The van der Waals surface area contributed by atoms with Crippen molar-refractivity contribution in [3.63, 3.8) is 0 Å². The van der Waals surface area contributed by atoms with Gasteiger partial charge in [-0.1, -0.05) is 22.0 Å². The van der Waals surface area contributed by atoms with Crippen LogP contribution < -0.4 is 5.56 Å². The Morgan fingerprint density at radius 2 is 2.19 bits per heavy atom. The maximum atomic E-state index is 12.2. The van der Waals surface area contributed by atoms with E-state index in [9.17, 15) is 4.79 Å². The van der Waals surface area contributed by atoms with Crippen molar-refractivity contribution in [2.75, 3.05) is 6.61 Å². The highest BCUT2D eigenvalue weighted by Gasteiger charge is 2.14. The number of rotatable bonds is 3. The third kappa shape index (κ3) is 2.41. The summed E-state index contributed by atoms with van der Waals surface area (Å²) >= 11 is 3.47. The SMILES string of the molecule is Cc1c(Br)cccc1-c1nc2c(=O)n(CCO)ccc2o1. The second kappa shape index (κ2) is 5.46. The Labute approximate surface area is 129 Å². The van der Waals surface area contributed by atoms with E-state index in [1.165, 1.54) is 4.57 Å². The molecule has 1 aromatic carbocycles. The predicted octanol–water partition coefficient (Wildman–Crippen LogP) is 2.72. The lowest BCUT2D eigenvalue weighted by atomic mass is 10.1. The number of hydrogen-bond acceptors (Lipinski definition) is 4. The number of halogens is 1. The van der Waals surface area contributed by atoms with E-state index in [2.05, 4.69) is 20.9 Å². The summed E-state index contributed by atoms with van der Waals surface area (Å²) < 4.78 is 8.07. The summed E-state index contributed by atoms with van der Waals surface area (Å²) in [5, 5.41) is 8.96. The first-order valence-electron chi connectivity index (χ1n) is 6.48. The van der Waals surface area contributed by atoms with Gasteiger partial charge in [0.2, 0.25) is 5.89 Å². The molecule has 0 aliphatic heterocycles. The number of fused-ring (bicyclic) bond motifs is 1. The molecule has 1 N–H and O–H groups in total. The molecule has 0 amide bonds. The third-order valence-corrected chi connectivity index (χ3v) is 4.22. The maximum absolute atomic E-state index is 12.2. The zero-order valence-corrected chi connectivity index (χ0v) is 12.9. The number of aliphatic hydroxyl groups is 1. The predicted molar refractivity (Wildman–Crippen MR) is 83.2 cm³/mol. The summed E-state index contributed by atoms with van der Waals surface area (Å²) in [6.45, 7) is 2.10. The van der Waals surface area contributed by atoms with Gasteiger partial charge in [0.25, 0.3) is 5.56 Å². The van der Waals surface area contributed by atoms with Crippen LogP contribution in [-0.4, -0.2) is 21.3 Å². The first kappa shape index (κ1) is 14.0. The fourth-order valence-electron chi connectivity index (χ4n) is 2.20. The van der Waals surface area contributed by atoms with Crippen LogP contribution in [0.25, 0.3) is 22.6 Å². The van der Waals surface area contributed by atoms with Crippen LogP contribution in [0.1, 0.15) is 5.56 Å². The molecule has 0 bridgehead atoms. The number of nitrogens with zero attached hydrogens (tertiary/aromatic N) is 2. The van der Waals surface area contributed by atoms with Gasteiger partial charge in [-0.05, 0) is 30.7 Å². The Kier molecular flexibility index (Phi) is 3.65. The van der Waals surface area contributed by atoms with Gasteiger partial charge in [-0.3, -0.25) is 4.79 Å². The molecule has 0 saturated carbocycles. The molecule has 0 fully saturated rings. The van der Waals surface area contributed by atoms with Crippen molar-refractivity contribution >= 4 is 27.0 Å². The Balaban J connectivity index is 2.20. The van der Waals surface area contributed by atoms with Crippen molar-refractivity contribution in [3.05, 3.63) is 50.9 Å². The van der Waals surface area contributed by atoms with Crippen molar-refractivity contribution in [1.82, 2.24) is 9.55 Å². The van der Waals surface area contributed by atoms with Crippen molar-refractivity contribution < 1.29 is 9.52 Å². The summed E-state index contributed by atoms with van der Waals surface area (Å²) in [6.07, 6.45) is 1.60. The highest BCUT2D eigenvalue weighted by Crippen LogP contribution is 2.29. The fourth-order valence-corrected chi connectivity index (χ4v) is 2.56. The molecule has 2 heterocycles. The summed E-state index contributed by atoms with van der Waals surface area (Å²) in [5.41, 5.74) is 2.31. The molecule has 3 aromatic rings. The van der Waals surface area contributed by atoms with Gasteiger partial charge in [0, 0.05) is 22.8 Å². The normalized spacial score (nSPS) is 11.2. The van der Waals surface area contributed by atoms with E-state index in [4.69, 9.17) is 9.52 Å². The number of hydrogen-bond donors (Lipinski definition) is 1. The molecule has 0 aliphatic carbocycles. The van der Waals surface area contributed by atoms with Gasteiger partial charge >= 0.3 is 0 Å². The van der Waals surface area contributed by atoms with E-state index in [1.807, 2.05) is 25.1 Å². The molecule has 0 saturated heterocycles. The van der Waals surface area contributed by atoms with E-state index in [0.717, 1.165) is 15.6 Å². The van der Waals surface area contributed by atoms with E-state index >= 15 is 0 Å². The molecule has 0 radical (unpaired) electrons. The second-order valence-corrected chi connectivity index (χ2v) is 5.54. The number of aliphatic hydroxyl groups excluding tert-OH is 1. The molecule has 21 heavy (non-hydrogen) atoms. The lowest BCUT2D eigenvalue weighted by Crippen LogP contribution is -2.21. The largest absolute Gasteiger partial charge is 0.436 e. The molecule has 0 spiro atoms. The van der Waals surface area contributed by atoms with Crippen molar-refractivity contribution in [2.45, 2.75) is 13.5 Å². The highest BCUT2D eigenvalue weighted by atomic mass is 79.9. The van der Waals surface area contributed by atoms with Crippen molar-refractivity contribution in [3.8, 4) is 11.5 Å². The first-order chi connectivity index (χ1) is 10.1. The number of benzene rings is 1. The van der Waals surface area contributed by atoms with Gasteiger partial charge in [-0.25, -0.2) is 4.98 Å². The first-order valence-corrected chi connectivity index (χ1v) is 7.27. The smallest absolute Gasteiger partial charge is 0.280 e. The monoisotopic (exact) mass is 348 g/mol. The van der Waals surface area contributed by atoms with Crippen LogP contribution in [-0.2, 0) is 6.54 Å². The number of pyridine rings is 1. The highest BCUT2D eigenvalue weighted by molar-refractivity contribution is 9.10. The summed E-state index contributed by atoms with van der Waals surface area (Å²) in [7, 11) is 0. The van der Waals surface area contributed by atoms with Crippen LogP contribution in [0.4, 0.5) is 0 Å². The molecule has 3 rings (SSSR count). The standard InChI is InChI=1S/C15H13BrN2O3/c1-9-10(3-2-4-11(9)16)14-17-13-12(21-14)5-6-18(7-8-19)15(13)20/h2-6,19H,7-8H2,1H3. The average Bonchev–Trinajstić information content (AvgIpc) is 2.90. The molecule has 0 unspecified atom stereocenters. The van der Waals surface area contributed by atoms with Crippen LogP contribution in [0, 0.1) is 6.92 Å². The molecule has 5 nitrogen and oxygen atoms in total. The number of aromatic nitrogens is 2. The van der Waals surface area contributed by atoms with Gasteiger partial charge < -0.3 is 14.1 Å². The van der Waals surface area contributed by atoms with E-state index in [0.29, 0.717) is 11.5 Å². The van der Waals surface area contributed by atoms with E-state index < -0.39 is 0 Å². The summed E-state index contributed by atoms with van der Waals surface area (Å²) in [4.78, 5) is 16.6. The van der Waals surface area contributed by atoms with Crippen LogP contribution in [0.2, 0.25) is 0 Å². The summed E-state index contributed by atoms with van der Waals surface area (Å²) in [6, 6.07) is 7.42. The zero-order valence-electron chi connectivity index (χ0n) is 11.3. The number of oxazole rings is 1. The minimum atomic E-state index is -0.260. The van der Waals surface area contributed by atoms with Crippen molar-refractivity contribution in [1.29, 1.82) is 0 Å². The quantitative estimate of drug-likeness (QED) is 0.790.